The van der Waals surface area contributed by atoms with Crippen LogP contribution in [0.4, 0.5) is 14.5 Å². The van der Waals surface area contributed by atoms with Crippen LogP contribution in [0.25, 0.3) is 0 Å². The van der Waals surface area contributed by atoms with Gasteiger partial charge in [0.2, 0.25) is 0 Å². The third kappa shape index (κ3) is 3.21. The fraction of sp³-hybridized carbons (Fsp3) is 0.444. The Morgan fingerprint density at radius 3 is 2.64 bits per heavy atom. The molecular formula is C9H11BrF2N2. The first-order chi connectivity index (χ1) is 6.39. The number of nitrogens with zero attached hydrogens (tertiary/aromatic N) is 1. The molecular weight excluding hydrogens is 254 g/mol. The normalized spacial score (nSPS) is 13.8. The molecule has 0 aliphatic carbocycles. The molecule has 0 fully saturated rings. The molecule has 1 N–H and O–H groups in total. The summed E-state index contributed by atoms with van der Waals surface area (Å²) in [6.45, 7) is 2.32. The highest BCUT2D eigenvalue weighted by Gasteiger charge is 2.29. The molecule has 0 radical (unpaired) electrons. The van der Waals surface area contributed by atoms with Gasteiger partial charge < -0.3 is 5.32 Å². The van der Waals surface area contributed by atoms with Gasteiger partial charge in [0.05, 0.1) is 17.9 Å². The summed E-state index contributed by atoms with van der Waals surface area (Å²) in [5.41, 5.74) is 0.577. The Kier molecular flexibility index (Phi) is 3.42. The molecule has 0 saturated carbocycles. The van der Waals surface area contributed by atoms with E-state index in [1.165, 1.54) is 13.1 Å². The lowest BCUT2D eigenvalue weighted by Crippen LogP contribution is -2.34. The lowest BCUT2D eigenvalue weighted by Gasteiger charge is -2.21. The second-order valence-corrected chi connectivity index (χ2v) is 4.13. The fourth-order valence-corrected chi connectivity index (χ4v) is 1.23. The highest BCUT2D eigenvalue weighted by atomic mass is 79.9. The average molecular weight is 265 g/mol. The highest BCUT2D eigenvalue weighted by molar-refractivity contribution is 9.10. The van der Waals surface area contributed by atoms with Gasteiger partial charge in [-0.25, -0.2) is 8.78 Å². The molecule has 2 nitrogen and oxygen atoms in total. The number of nitrogens with one attached hydrogen (secondary N) is 1. The van der Waals surface area contributed by atoms with Crippen molar-refractivity contribution >= 4 is 21.6 Å². The van der Waals surface area contributed by atoms with Crippen LogP contribution in [0.2, 0.25) is 0 Å². The second-order valence-electron chi connectivity index (χ2n) is 3.21. The van der Waals surface area contributed by atoms with Crippen LogP contribution in [0.1, 0.15) is 13.8 Å². The number of pyridine rings is 1. The van der Waals surface area contributed by atoms with Gasteiger partial charge in [-0.3, -0.25) is 4.98 Å². The van der Waals surface area contributed by atoms with E-state index in [1.807, 2.05) is 0 Å². The Labute approximate surface area is 89.9 Å². The summed E-state index contributed by atoms with van der Waals surface area (Å²) < 4.78 is 26.4. The first-order valence-corrected chi connectivity index (χ1v) is 4.94. The maximum atomic E-state index is 12.8. The second kappa shape index (κ2) is 4.21. The molecule has 0 saturated heterocycles. The van der Waals surface area contributed by atoms with Crippen molar-refractivity contribution in [2.45, 2.75) is 25.8 Å². The van der Waals surface area contributed by atoms with Crippen LogP contribution in [0.15, 0.2) is 22.9 Å². The molecule has 1 unspecified atom stereocenters. The van der Waals surface area contributed by atoms with Crippen LogP contribution in [0.3, 0.4) is 0 Å². The standard InChI is InChI=1S/C9H11BrF2N2/c1-6(9(2,11)12)14-8-3-7(10)4-13-5-8/h3-6,14H,1-2H3. The lowest BCUT2D eigenvalue weighted by atomic mass is 10.2. The molecule has 1 heterocycles. The van der Waals surface area contributed by atoms with Crippen LogP contribution >= 0.6 is 15.9 Å². The van der Waals surface area contributed by atoms with Gasteiger partial charge >= 0.3 is 0 Å². The lowest BCUT2D eigenvalue weighted by molar-refractivity contribution is 0.00699. The Bertz CT molecular complexity index is 312. The van der Waals surface area contributed by atoms with Crippen molar-refractivity contribution in [3.8, 4) is 0 Å². The number of aromatic nitrogens is 1. The smallest absolute Gasteiger partial charge is 0.264 e. The largest absolute Gasteiger partial charge is 0.375 e. The van der Waals surface area contributed by atoms with Crippen molar-refractivity contribution in [1.82, 2.24) is 4.98 Å². The average Bonchev–Trinajstić information content (AvgIpc) is 2.02. The Morgan fingerprint density at radius 1 is 1.50 bits per heavy atom. The van der Waals surface area contributed by atoms with E-state index >= 15 is 0 Å². The van der Waals surface area contributed by atoms with E-state index in [0.29, 0.717) is 5.69 Å². The molecule has 0 bridgehead atoms. The minimum Gasteiger partial charge on any atom is -0.375 e. The summed E-state index contributed by atoms with van der Waals surface area (Å²) in [5, 5.41) is 2.68. The minimum atomic E-state index is -2.75. The van der Waals surface area contributed by atoms with Crippen LogP contribution in [-0.4, -0.2) is 16.9 Å². The molecule has 0 spiro atoms. The molecule has 0 amide bonds. The summed E-state index contributed by atoms with van der Waals surface area (Å²) in [5.74, 6) is -2.75. The molecule has 1 aromatic rings. The third-order valence-corrected chi connectivity index (χ3v) is 2.28. The van der Waals surface area contributed by atoms with E-state index in [-0.39, 0.29) is 0 Å². The molecule has 1 atom stereocenters. The van der Waals surface area contributed by atoms with Crippen molar-refractivity contribution in [2.75, 3.05) is 5.32 Å². The van der Waals surface area contributed by atoms with E-state index in [2.05, 4.69) is 26.2 Å². The monoisotopic (exact) mass is 264 g/mol. The van der Waals surface area contributed by atoms with Gasteiger partial charge in [0.25, 0.3) is 5.92 Å². The van der Waals surface area contributed by atoms with Crippen LogP contribution in [0.5, 0.6) is 0 Å². The van der Waals surface area contributed by atoms with Crippen LogP contribution in [0, 0.1) is 0 Å². The third-order valence-electron chi connectivity index (χ3n) is 1.85. The molecule has 0 aromatic carbocycles. The summed E-state index contributed by atoms with van der Waals surface area (Å²) in [7, 11) is 0. The number of rotatable bonds is 3. The van der Waals surface area contributed by atoms with Gasteiger partial charge in [-0.1, -0.05) is 0 Å². The van der Waals surface area contributed by atoms with Gasteiger partial charge in [0.15, 0.2) is 0 Å². The van der Waals surface area contributed by atoms with Crippen molar-refractivity contribution in [3.05, 3.63) is 22.9 Å². The van der Waals surface area contributed by atoms with Gasteiger partial charge in [-0.2, -0.15) is 0 Å². The summed E-state index contributed by atoms with van der Waals surface area (Å²) in [6, 6.07) is 0.786. The van der Waals surface area contributed by atoms with Gasteiger partial charge in [0, 0.05) is 17.6 Å². The van der Waals surface area contributed by atoms with Crippen LogP contribution in [-0.2, 0) is 0 Å². The molecule has 78 valence electrons. The Morgan fingerprint density at radius 2 is 2.14 bits per heavy atom. The fourth-order valence-electron chi connectivity index (χ4n) is 0.868. The van der Waals surface area contributed by atoms with Crippen molar-refractivity contribution < 1.29 is 8.78 Å². The first-order valence-electron chi connectivity index (χ1n) is 4.14. The van der Waals surface area contributed by atoms with Crippen molar-refractivity contribution in [1.29, 1.82) is 0 Å². The zero-order chi connectivity index (χ0) is 10.8. The topological polar surface area (TPSA) is 24.9 Å². The maximum Gasteiger partial charge on any atom is 0.264 e. The predicted molar refractivity (Wildman–Crippen MR) is 55.6 cm³/mol. The SMILES string of the molecule is CC(Nc1cncc(Br)c1)C(C)(F)F. The number of anilines is 1. The molecule has 0 aliphatic heterocycles. The van der Waals surface area contributed by atoms with Crippen LogP contribution < -0.4 is 5.32 Å². The van der Waals surface area contributed by atoms with E-state index in [9.17, 15) is 8.78 Å². The molecule has 1 aromatic heterocycles. The molecule has 14 heavy (non-hydrogen) atoms. The van der Waals surface area contributed by atoms with E-state index in [0.717, 1.165) is 11.4 Å². The van der Waals surface area contributed by atoms with E-state index in [1.54, 1.807) is 12.3 Å². The summed E-state index contributed by atoms with van der Waals surface area (Å²) in [6.07, 6.45) is 3.10. The Hall–Kier alpha value is -0.710. The molecule has 5 heteroatoms. The number of alkyl halides is 2. The zero-order valence-corrected chi connectivity index (χ0v) is 9.48. The Balaban J connectivity index is 2.70. The highest BCUT2D eigenvalue weighted by Crippen LogP contribution is 2.22. The number of hydrogen-bond acceptors (Lipinski definition) is 2. The minimum absolute atomic E-state index is 0.577. The van der Waals surface area contributed by atoms with E-state index in [4.69, 9.17) is 0 Å². The van der Waals surface area contributed by atoms with Gasteiger partial charge in [-0.05, 0) is 28.9 Å². The molecule has 1 rings (SSSR count). The molecule has 0 aliphatic rings. The predicted octanol–water partition coefficient (Wildman–Crippen LogP) is 3.30. The number of hydrogen-bond donors (Lipinski definition) is 1. The van der Waals surface area contributed by atoms with Gasteiger partial charge in [-0.15, -0.1) is 0 Å². The summed E-state index contributed by atoms with van der Waals surface area (Å²) >= 11 is 3.21. The number of halogens is 3. The zero-order valence-electron chi connectivity index (χ0n) is 7.89. The van der Waals surface area contributed by atoms with Gasteiger partial charge in [0.1, 0.15) is 0 Å². The quantitative estimate of drug-likeness (QED) is 0.906. The van der Waals surface area contributed by atoms with E-state index < -0.39 is 12.0 Å². The van der Waals surface area contributed by atoms with Crippen molar-refractivity contribution in [2.24, 2.45) is 0 Å². The first kappa shape index (κ1) is 11.4. The maximum absolute atomic E-state index is 12.8. The van der Waals surface area contributed by atoms with Crippen molar-refractivity contribution in [3.63, 3.8) is 0 Å². The summed E-state index contributed by atoms with van der Waals surface area (Å²) in [4.78, 5) is 3.87.